The minimum atomic E-state index is -0.708. The van der Waals surface area contributed by atoms with Crippen molar-refractivity contribution in [1.29, 1.82) is 0 Å². The van der Waals surface area contributed by atoms with Gasteiger partial charge in [-0.3, -0.25) is 0 Å². The second-order valence-corrected chi connectivity index (χ2v) is 2.81. The lowest BCUT2D eigenvalue weighted by atomic mass is 10.3. The van der Waals surface area contributed by atoms with Gasteiger partial charge >= 0.3 is 0 Å². The molecule has 0 aromatic heterocycles. The fourth-order valence-corrected chi connectivity index (χ4v) is 0.786. The molecule has 0 bridgehead atoms. The molecule has 2 nitrogen and oxygen atoms in total. The van der Waals surface area contributed by atoms with E-state index in [1.54, 1.807) is 19.1 Å². The van der Waals surface area contributed by atoms with Crippen LogP contribution in [0, 0.1) is 0 Å². The van der Waals surface area contributed by atoms with Crippen molar-refractivity contribution in [2.24, 2.45) is 0 Å². The highest BCUT2D eigenvalue weighted by Crippen LogP contribution is 2.09. The van der Waals surface area contributed by atoms with Crippen LogP contribution in [-0.4, -0.2) is 16.3 Å². The molecule has 0 radical (unpaired) electrons. The Morgan fingerprint density at radius 2 is 2.00 bits per heavy atom. The van der Waals surface area contributed by atoms with Crippen LogP contribution in [0.5, 0.6) is 5.75 Å². The summed E-state index contributed by atoms with van der Waals surface area (Å²) >= 11 is 4.79. The van der Waals surface area contributed by atoms with Gasteiger partial charge in [-0.05, 0) is 31.3 Å². The summed E-state index contributed by atoms with van der Waals surface area (Å²) in [5.74, 6) is 0.656. The summed E-state index contributed by atoms with van der Waals surface area (Å²) in [5, 5.41) is 9.21. The highest BCUT2D eigenvalue weighted by Gasteiger charge is 2.05. The largest absolute Gasteiger partial charge is 0.447 e. The van der Waals surface area contributed by atoms with Gasteiger partial charge in [0.1, 0.15) is 11.9 Å². The third-order valence-corrected chi connectivity index (χ3v) is 1.73. The van der Waals surface area contributed by atoms with Gasteiger partial charge in [0.2, 0.25) is 0 Å². The lowest BCUT2D eigenvalue weighted by molar-refractivity contribution is 0.243. The van der Waals surface area contributed by atoms with Crippen LogP contribution in [0.4, 0.5) is 0 Å². The molecule has 3 heteroatoms. The van der Waals surface area contributed by atoms with Crippen LogP contribution in [0.3, 0.4) is 0 Å². The second-order valence-electron chi connectivity index (χ2n) is 2.41. The summed E-state index contributed by atoms with van der Waals surface area (Å²) in [6.07, 6.45) is -0.708. The summed E-state index contributed by atoms with van der Waals surface area (Å²) in [6.45, 7) is 1.57. The Bertz CT molecular complexity index is 256. The molecule has 0 saturated carbocycles. The molecular weight excluding hydrogens is 172 g/mol. The van der Waals surface area contributed by atoms with Gasteiger partial charge in [-0.2, -0.15) is 0 Å². The van der Waals surface area contributed by atoms with Crippen molar-refractivity contribution in [3.05, 3.63) is 30.3 Å². The van der Waals surface area contributed by atoms with Gasteiger partial charge in [-0.1, -0.05) is 18.2 Å². The minimum Gasteiger partial charge on any atom is -0.447 e. The predicted molar refractivity (Wildman–Crippen MR) is 51.3 cm³/mol. The normalized spacial score (nSPS) is 12.2. The maximum absolute atomic E-state index is 9.02. The van der Waals surface area contributed by atoms with E-state index in [0.717, 1.165) is 0 Å². The van der Waals surface area contributed by atoms with Gasteiger partial charge in [0.25, 0.3) is 0 Å². The molecule has 1 aromatic carbocycles. The molecule has 0 aliphatic heterocycles. The molecule has 0 saturated heterocycles. The van der Waals surface area contributed by atoms with Gasteiger partial charge in [-0.15, -0.1) is 0 Å². The summed E-state index contributed by atoms with van der Waals surface area (Å²) in [7, 11) is 0. The maximum atomic E-state index is 9.02. The van der Waals surface area contributed by atoms with E-state index in [1.165, 1.54) is 0 Å². The van der Waals surface area contributed by atoms with Crippen LogP contribution in [0.1, 0.15) is 6.92 Å². The van der Waals surface area contributed by atoms with Crippen molar-refractivity contribution in [1.82, 2.24) is 0 Å². The molecule has 0 fully saturated rings. The van der Waals surface area contributed by atoms with Crippen molar-refractivity contribution in [2.45, 2.75) is 13.0 Å². The first-order chi connectivity index (χ1) is 5.70. The van der Waals surface area contributed by atoms with E-state index in [4.69, 9.17) is 22.1 Å². The first kappa shape index (κ1) is 9.16. The van der Waals surface area contributed by atoms with E-state index >= 15 is 0 Å². The molecule has 0 heterocycles. The number of thiocarbonyl (C=S) groups is 1. The zero-order chi connectivity index (χ0) is 8.97. The minimum absolute atomic E-state index is 0.196. The number of benzene rings is 1. The molecule has 0 amide bonds. The first-order valence-electron chi connectivity index (χ1n) is 3.65. The Balaban J connectivity index is 2.59. The topological polar surface area (TPSA) is 29.5 Å². The zero-order valence-corrected chi connectivity index (χ0v) is 7.54. The van der Waals surface area contributed by atoms with Crippen molar-refractivity contribution < 1.29 is 9.84 Å². The number of ether oxygens (including phenoxy) is 1. The SMILES string of the molecule is CC(O)C(=S)Oc1ccccc1. The number of rotatable bonds is 2. The molecule has 0 aliphatic rings. The second kappa shape index (κ2) is 4.18. The Hall–Kier alpha value is -0.930. The van der Waals surface area contributed by atoms with E-state index in [1.807, 2.05) is 18.2 Å². The third-order valence-electron chi connectivity index (χ3n) is 1.30. The van der Waals surface area contributed by atoms with E-state index in [-0.39, 0.29) is 5.05 Å². The fraction of sp³-hybridized carbons (Fsp3) is 0.222. The van der Waals surface area contributed by atoms with Gasteiger partial charge in [-0.25, -0.2) is 0 Å². The molecule has 1 unspecified atom stereocenters. The lowest BCUT2D eigenvalue weighted by Gasteiger charge is -2.07. The van der Waals surface area contributed by atoms with Crippen molar-refractivity contribution in [3.8, 4) is 5.75 Å². The molecular formula is C9H10O2S. The smallest absolute Gasteiger partial charge is 0.195 e. The summed E-state index contributed by atoms with van der Waals surface area (Å²) < 4.78 is 5.16. The third kappa shape index (κ3) is 2.60. The molecule has 64 valence electrons. The quantitative estimate of drug-likeness (QED) is 0.707. The molecule has 1 N–H and O–H groups in total. The summed E-state index contributed by atoms with van der Waals surface area (Å²) in [5.41, 5.74) is 0. The molecule has 1 atom stereocenters. The fourth-order valence-electron chi connectivity index (χ4n) is 0.690. The average molecular weight is 182 g/mol. The van der Waals surface area contributed by atoms with Gasteiger partial charge in [0.05, 0.1) is 0 Å². The van der Waals surface area contributed by atoms with Crippen molar-refractivity contribution >= 4 is 17.3 Å². The average Bonchev–Trinajstić information content (AvgIpc) is 2.06. The number of hydrogen-bond donors (Lipinski definition) is 1. The summed E-state index contributed by atoms with van der Waals surface area (Å²) in [4.78, 5) is 0. The molecule has 0 spiro atoms. The van der Waals surface area contributed by atoms with E-state index in [2.05, 4.69) is 0 Å². The van der Waals surface area contributed by atoms with E-state index < -0.39 is 6.10 Å². The van der Waals surface area contributed by atoms with E-state index in [9.17, 15) is 0 Å². The Morgan fingerprint density at radius 3 is 2.50 bits per heavy atom. The number of aliphatic hydroxyl groups excluding tert-OH is 1. The Labute approximate surface area is 76.8 Å². The van der Waals surface area contributed by atoms with Crippen LogP contribution in [0.15, 0.2) is 30.3 Å². The number of hydrogen-bond acceptors (Lipinski definition) is 3. The number of aliphatic hydroxyl groups is 1. The molecule has 12 heavy (non-hydrogen) atoms. The molecule has 1 rings (SSSR count). The van der Waals surface area contributed by atoms with Crippen molar-refractivity contribution in [2.75, 3.05) is 0 Å². The van der Waals surface area contributed by atoms with Crippen LogP contribution in [0.25, 0.3) is 0 Å². The predicted octanol–water partition coefficient (Wildman–Crippen LogP) is 1.77. The monoisotopic (exact) mass is 182 g/mol. The molecule has 1 aromatic rings. The van der Waals surface area contributed by atoms with Gasteiger partial charge in [0, 0.05) is 0 Å². The van der Waals surface area contributed by atoms with Crippen LogP contribution >= 0.6 is 12.2 Å². The lowest BCUT2D eigenvalue weighted by Crippen LogP contribution is -2.19. The maximum Gasteiger partial charge on any atom is 0.195 e. The van der Waals surface area contributed by atoms with Gasteiger partial charge in [0.15, 0.2) is 5.05 Å². The summed E-state index contributed by atoms with van der Waals surface area (Å²) in [6, 6.07) is 9.15. The van der Waals surface area contributed by atoms with Crippen LogP contribution in [-0.2, 0) is 0 Å². The Kier molecular flexibility index (Phi) is 3.19. The van der Waals surface area contributed by atoms with Gasteiger partial charge < -0.3 is 9.84 Å². The highest BCUT2D eigenvalue weighted by molar-refractivity contribution is 7.80. The molecule has 0 aliphatic carbocycles. The number of para-hydroxylation sites is 1. The van der Waals surface area contributed by atoms with Crippen LogP contribution < -0.4 is 4.74 Å². The van der Waals surface area contributed by atoms with Crippen molar-refractivity contribution in [3.63, 3.8) is 0 Å². The van der Waals surface area contributed by atoms with E-state index in [0.29, 0.717) is 5.75 Å². The Morgan fingerprint density at radius 1 is 1.42 bits per heavy atom. The first-order valence-corrected chi connectivity index (χ1v) is 4.06. The standard InChI is InChI=1S/C9H10O2S/c1-7(10)9(12)11-8-5-3-2-4-6-8/h2-7,10H,1H3. The highest BCUT2D eigenvalue weighted by atomic mass is 32.1. The zero-order valence-electron chi connectivity index (χ0n) is 6.73. The van der Waals surface area contributed by atoms with Crippen LogP contribution in [0.2, 0.25) is 0 Å².